The van der Waals surface area contributed by atoms with Gasteiger partial charge in [0.05, 0.1) is 32.3 Å². The van der Waals surface area contributed by atoms with E-state index in [0.29, 0.717) is 21.6 Å². The van der Waals surface area contributed by atoms with Crippen molar-refractivity contribution >= 4 is 74.8 Å². The van der Waals surface area contributed by atoms with E-state index in [1.54, 1.807) is 18.2 Å². The highest BCUT2D eigenvalue weighted by Crippen LogP contribution is 2.29. The first-order valence-corrected chi connectivity index (χ1v) is 10.3. The van der Waals surface area contributed by atoms with E-state index in [0.717, 1.165) is 16.6 Å². The predicted molar refractivity (Wildman–Crippen MR) is 127 cm³/mol. The molecule has 150 valence electrons. The van der Waals surface area contributed by atoms with E-state index in [-0.39, 0.29) is 15.7 Å². The minimum Gasteiger partial charge on any atom is -0.338 e. The monoisotopic (exact) mass is 474 g/mol. The molecule has 0 aliphatic heterocycles. The lowest BCUT2D eigenvalue weighted by Gasteiger charge is -2.12. The van der Waals surface area contributed by atoms with Crippen LogP contribution in [0.5, 0.6) is 0 Å². The number of carbonyl (C=O) groups excluding carboxylic acids is 1. The molecule has 0 unspecified atom stereocenters. The fraction of sp³-hybridized carbons (Fsp3) is 0. The molecule has 3 N–H and O–H groups in total. The minimum absolute atomic E-state index is 0.0784. The van der Waals surface area contributed by atoms with Crippen LogP contribution in [0.4, 0.5) is 5.69 Å². The summed E-state index contributed by atoms with van der Waals surface area (Å²) in [6.07, 6.45) is 0. The number of imidazole rings is 1. The lowest BCUT2D eigenvalue weighted by Crippen LogP contribution is -2.34. The number of aromatic nitrogens is 2. The van der Waals surface area contributed by atoms with Gasteiger partial charge in [-0.3, -0.25) is 10.1 Å². The van der Waals surface area contributed by atoms with Crippen molar-refractivity contribution in [3.63, 3.8) is 0 Å². The summed E-state index contributed by atoms with van der Waals surface area (Å²) in [5.41, 5.74) is 3.39. The number of rotatable bonds is 3. The number of H-pyrrole nitrogens is 1. The number of para-hydroxylation sites is 2. The number of hydrogen-bond donors (Lipinski definition) is 3. The van der Waals surface area contributed by atoms with Gasteiger partial charge in [-0.2, -0.15) is 0 Å². The number of anilines is 1. The molecular weight excluding hydrogens is 463 g/mol. The largest absolute Gasteiger partial charge is 0.338 e. The van der Waals surface area contributed by atoms with Gasteiger partial charge in [0.15, 0.2) is 5.11 Å². The van der Waals surface area contributed by atoms with Crippen LogP contribution in [-0.4, -0.2) is 21.0 Å². The Hall–Kier alpha value is -2.64. The normalized spacial score (nSPS) is 10.8. The van der Waals surface area contributed by atoms with Gasteiger partial charge in [-0.15, -0.1) is 0 Å². The second kappa shape index (κ2) is 8.62. The van der Waals surface area contributed by atoms with E-state index in [1.807, 2.05) is 30.3 Å². The van der Waals surface area contributed by atoms with E-state index >= 15 is 0 Å². The standard InChI is InChI=1S/C21H13Cl3N4OS/c22-12-6-7-13(15(24)10-12)20(29)28-21(30)27-18-9-11(5-8-14(18)23)19-25-16-3-1-2-4-17(16)26-19/h1-10H,(H,25,26)(H2,27,28,29,30). The Bertz CT molecular complexity index is 1260. The SMILES string of the molecule is O=C(NC(=S)Nc1cc(-c2nc3ccccc3[nH]2)ccc1Cl)c1ccc(Cl)cc1Cl. The van der Waals surface area contributed by atoms with Crippen LogP contribution in [0.2, 0.25) is 15.1 Å². The fourth-order valence-electron chi connectivity index (χ4n) is 2.86. The van der Waals surface area contributed by atoms with Crippen molar-refractivity contribution in [1.82, 2.24) is 15.3 Å². The molecule has 9 heteroatoms. The van der Waals surface area contributed by atoms with Crippen molar-refractivity contribution in [1.29, 1.82) is 0 Å². The summed E-state index contributed by atoms with van der Waals surface area (Å²) in [5.74, 6) is 0.234. The first kappa shape index (κ1) is 20.6. The van der Waals surface area contributed by atoms with E-state index in [4.69, 9.17) is 47.0 Å². The number of aromatic amines is 1. The van der Waals surface area contributed by atoms with Gasteiger partial charge in [-0.05, 0) is 60.7 Å². The van der Waals surface area contributed by atoms with Crippen LogP contribution in [0.15, 0.2) is 60.7 Å². The van der Waals surface area contributed by atoms with E-state index < -0.39 is 5.91 Å². The molecular formula is C21H13Cl3N4OS. The summed E-state index contributed by atoms with van der Waals surface area (Å²) in [7, 11) is 0. The molecule has 4 aromatic rings. The predicted octanol–water partition coefficient (Wildman–Crippen LogP) is 6.32. The maximum atomic E-state index is 12.4. The Kier molecular flexibility index (Phi) is 5.92. The van der Waals surface area contributed by atoms with Crippen molar-refractivity contribution in [2.24, 2.45) is 0 Å². The van der Waals surface area contributed by atoms with E-state index in [9.17, 15) is 4.79 Å². The second-order valence-corrected chi connectivity index (χ2v) is 7.99. The summed E-state index contributed by atoms with van der Waals surface area (Å²) in [6.45, 7) is 0. The summed E-state index contributed by atoms with van der Waals surface area (Å²) in [6, 6.07) is 17.7. The Balaban J connectivity index is 1.53. The van der Waals surface area contributed by atoms with Gasteiger partial charge < -0.3 is 10.3 Å². The van der Waals surface area contributed by atoms with Crippen molar-refractivity contribution in [2.75, 3.05) is 5.32 Å². The maximum Gasteiger partial charge on any atom is 0.258 e. The maximum absolute atomic E-state index is 12.4. The van der Waals surface area contributed by atoms with Gasteiger partial charge >= 0.3 is 0 Å². The zero-order valence-electron chi connectivity index (χ0n) is 15.2. The number of nitrogens with one attached hydrogen (secondary N) is 3. The summed E-state index contributed by atoms with van der Waals surface area (Å²) >= 11 is 23.5. The molecule has 30 heavy (non-hydrogen) atoms. The number of carbonyl (C=O) groups is 1. The number of nitrogens with zero attached hydrogens (tertiary/aromatic N) is 1. The minimum atomic E-state index is -0.460. The van der Waals surface area contributed by atoms with Crippen LogP contribution in [-0.2, 0) is 0 Å². The van der Waals surface area contributed by atoms with Crippen LogP contribution < -0.4 is 10.6 Å². The second-order valence-electron chi connectivity index (χ2n) is 6.33. The molecule has 0 radical (unpaired) electrons. The van der Waals surface area contributed by atoms with Crippen molar-refractivity contribution in [3.8, 4) is 11.4 Å². The molecule has 0 saturated heterocycles. The molecule has 0 fully saturated rings. The molecule has 0 atom stereocenters. The molecule has 0 aliphatic carbocycles. The lowest BCUT2D eigenvalue weighted by molar-refractivity contribution is 0.0978. The number of benzene rings is 3. The highest BCUT2D eigenvalue weighted by molar-refractivity contribution is 7.80. The molecule has 1 amide bonds. The van der Waals surface area contributed by atoms with E-state index in [2.05, 4.69) is 20.6 Å². The molecule has 1 heterocycles. The van der Waals surface area contributed by atoms with Crippen molar-refractivity contribution < 1.29 is 4.79 Å². The number of fused-ring (bicyclic) bond motifs is 1. The van der Waals surface area contributed by atoms with Crippen molar-refractivity contribution in [2.45, 2.75) is 0 Å². The van der Waals surface area contributed by atoms with Gasteiger partial charge in [0.1, 0.15) is 5.82 Å². The van der Waals surface area contributed by atoms with Gasteiger partial charge in [-0.1, -0.05) is 46.9 Å². The third-order valence-electron chi connectivity index (χ3n) is 4.28. The Morgan fingerprint density at radius 1 is 0.967 bits per heavy atom. The third kappa shape index (κ3) is 4.42. The van der Waals surface area contributed by atoms with Crippen LogP contribution in [0.3, 0.4) is 0 Å². The Morgan fingerprint density at radius 3 is 2.53 bits per heavy atom. The lowest BCUT2D eigenvalue weighted by atomic mass is 10.2. The molecule has 5 nitrogen and oxygen atoms in total. The third-order valence-corrected chi connectivity index (χ3v) is 5.36. The molecule has 1 aromatic heterocycles. The van der Waals surface area contributed by atoms with Gasteiger partial charge in [0.2, 0.25) is 0 Å². The molecule has 3 aromatic carbocycles. The number of thiocarbonyl (C=S) groups is 1. The molecule has 0 saturated carbocycles. The smallest absolute Gasteiger partial charge is 0.258 e. The van der Waals surface area contributed by atoms with Crippen LogP contribution in [0, 0.1) is 0 Å². The number of amides is 1. The number of halogens is 3. The topological polar surface area (TPSA) is 69.8 Å². The average molecular weight is 476 g/mol. The van der Waals surface area contributed by atoms with Gasteiger partial charge in [0.25, 0.3) is 5.91 Å². The summed E-state index contributed by atoms with van der Waals surface area (Å²) in [5, 5.41) is 6.71. The first-order valence-electron chi connectivity index (χ1n) is 8.73. The quantitative estimate of drug-likeness (QED) is 0.303. The van der Waals surface area contributed by atoms with Crippen molar-refractivity contribution in [3.05, 3.63) is 81.3 Å². The van der Waals surface area contributed by atoms with Gasteiger partial charge in [-0.25, -0.2) is 4.98 Å². The fourth-order valence-corrected chi connectivity index (χ4v) is 3.72. The number of hydrogen-bond acceptors (Lipinski definition) is 3. The van der Waals surface area contributed by atoms with Crippen LogP contribution in [0.1, 0.15) is 10.4 Å². The molecule has 0 spiro atoms. The molecule has 0 bridgehead atoms. The van der Waals surface area contributed by atoms with Crippen LogP contribution >= 0.6 is 47.0 Å². The Labute approximate surface area is 192 Å². The summed E-state index contributed by atoms with van der Waals surface area (Å²) in [4.78, 5) is 20.3. The average Bonchev–Trinajstić information content (AvgIpc) is 3.13. The molecule has 4 rings (SSSR count). The first-order chi connectivity index (χ1) is 14.4. The zero-order valence-corrected chi connectivity index (χ0v) is 18.3. The highest BCUT2D eigenvalue weighted by atomic mass is 35.5. The van der Waals surface area contributed by atoms with Crippen LogP contribution in [0.25, 0.3) is 22.4 Å². The van der Waals surface area contributed by atoms with Gasteiger partial charge in [0, 0.05) is 10.6 Å². The summed E-state index contributed by atoms with van der Waals surface area (Å²) < 4.78 is 0. The molecule has 0 aliphatic rings. The van der Waals surface area contributed by atoms with E-state index in [1.165, 1.54) is 12.1 Å². The Morgan fingerprint density at radius 2 is 1.77 bits per heavy atom. The highest BCUT2D eigenvalue weighted by Gasteiger charge is 2.14. The zero-order chi connectivity index (χ0) is 21.3.